The van der Waals surface area contributed by atoms with Crippen LogP contribution < -0.4 is 16.2 Å². The number of anilines is 1. The SMILES string of the molecule is CC1NNCC1CNc1cnc(Br)cn1. The molecular weight excluding hydrogens is 258 g/mol. The van der Waals surface area contributed by atoms with E-state index in [4.69, 9.17) is 0 Å². The zero-order chi connectivity index (χ0) is 10.7. The van der Waals surface area contributed by atoms with Crippen molar-refractivity contribution in [1.82, 2.24) is 20.8 Å². The molecule has 0 spiro atoms. The Balaban J connectivity index is 1.85. The monoisotopic (exact) mass is 271 g/mol. The molecule has 1 fully saturated rings. The fourth-order valence-corrected chi connectivity index (χ4v) is 1.74. The quantitative estimate of drug-likeness (QED) is 0.758. The van der Waals surface area contributed by atoms with Gasteiger partial charge in [0, 0.05) is 25.0 Å². The van der Waals surface area contributed by atoms with Crippen molar-refractivity contribution in [2.45, 2.75) is 13.0 Å². The maximum absolute atomic E-state index is 4.20. The molecule has 1 aromatic heterocycles. The summed E-state index contributed by atoms with van der Waals surface area (Å²) in [6, 6.07) is 0.487. The minimum Gasteiger partial charge on any atom is -0.368 e. The largest absolute Gasteiger partial charge is 0.368 e. The molecule has 1 aliphatic heterocycles. The highest BCUT2D eigenvalue weighted by Crippen LogP contribution is 2.10. The molecule has 1 aromatic rings. The standard InChI is InChI=1S/C9H14BrN5/c1-6-7(3-14-15-6)2-12-9-5-11-8(10)4-13-9/h4-7,14-15H,2-3H2,1H3,(H,12,13). The summed E-state index contributed by atoms with van der Waals surface area (Å²) in [5.41, 5.74) is 6.32. The molecule has 2 heterocycles. The summed E-state index contributed by atoms with van der Waals surface area (Å²) in [7, 11) is 0. The van der Waals surface area contributed by atoms with Gasteiger partial charge in [0.25, 0.3) is 0 Å². The normalized spacial score (nSPS) is 25.5. The molecule has 0 saturated carbocycles. The molecule has 15 heavy (non-hydrogen) atoms. The Hall–Kier alpha value is -0.720. The summed E-state index contributed by atoms with van der Waals surface area (Å²) in [6.07, 6.45) is 3.42. The third-order valence-electron chi connectivity index (χ3n) is 2.57. The molecule has 1 aliphatic rings. The average molecular weight is 272 g/mol. The topological polar surface area (TPSA) is 61.9 Å². The maximum atomic E-state index is 4.20. The van der Waals surface area contributed by atoms with Crippen LogP contribution in [0.15, 0.2) is 17.0 Å². The van der Waals surface area contributed by atoms with E-state index in [1.807, 2.05) is 0 Å². The predicted molar refractivity (Wildman–Crippen MR) is 62.3 cm³/mol. The fraction of sp³-hybridized carbons (Fsp3) is 0.556. The van der Waals surface area contributed by atoms with Crippen molar-refractivity contribution in [3.63, 3.8) is 0 Å². The zero-order valence-corrected chi connectivity index (χ0v) is 10.1. The van der Waals surface area contributed by atoms with Gasteiger partial charge in [0.15, 0.2) is 0 Å². The van der Waals surface area contributed by atoms with Gasteiger partial charge in [-0.3, -0.25) is 10.9 Å². The van der Waals surface area contributed by atoms with E-state index in [9.17, 15) is 0 Å². The number of aromatic nitrogens is 2. The molecule has 2 atom stereocenters. The summed E-state index contributed by atoms with van der Waals surface area (Å²) in [6.45, 7) is 4.05. The number of halogens is 1. The van der Waals surface area contributed by atoms with Gasteiger partial charge in [-0.2, -0.15) is 0 Å². The van der Waals surface area contributed by atoms with Crippen molar-refractivity contribution in [3.05, 3.63) is 17.0 Å². The van der Waals surface area contributed by atoms with Crippen LogP contribution in [0.1, 0.15) is 6.92 Å². The van der Waals surface area contributed by atoms with Gasteiger partial charge in [0.2, 0.25) is 0 Å². The predicted octanol–water partition coefficient (Wildman–Crippen LogP) is 0.763. The van der Waals surface area contributed by atoms with Crippen molar-refractivity contribution in [2.75, 3.05) is 18.4 Å². The summed E-state index contributed by atoms with van der Waals surface area (Å²) in [5.74, 6) is 1.40. The molecule has 2 unspecified atom stereocenters. The van der Waals surface area contributed by atoms with Gasteiger partial charge in [-0.15, -0.1) is 0 Å². The highest BCUT2D eigenvalue weighted by molar-refractivity contribution is 9.10. The van der Waals surface area contributed by atoms with Crippen LogP contribution in [0.4, 0.5) is 5.82 Å². The highest BCUT2D eigenvalue weighted by atomic mass is 79.9. The van der Waals surface area contributed by atoms with E-state index in [2.05, 4.69) is 49.0 Å². The van der Waals surface area contributed by atoms with Crippen LogP contribution in [0.25, 0.3) is 0 Å². The fourth-order valence-electron chi connectivity index (χ4n) is 1.53. The number of rotatable bonds is 3. The number of hydrogen-bond donors (Lipinski definition) is 3. The Morgan fingerprint density at radius 3 is 3.00 bits per heavy atom. The molecule has 0 amide bonds. The summed E-state index contributed by atoms with van der Waals surface area (Å²) >= 11 is 3.25. The molecule has 0 aromatic carbocycles. The number of nitrogens with one attached hydrogen (secondary N) is 3. The van der Waals surface area contributed by atoms with Crippen molar-refractivity contribution in [2.24, 2.45) is 5.92 Å². The molecular formula is C9H14BrN5. The average Bonchev–Trinajstić information content (AvgIpc) is 2.63. The van der Waals surface area contributed by atoms with Crippen LogP contribution >= 0.6 is 15.9 Å². The molecule has 2 rings (SSSR count). The molecule has 0 aliphatic carbocycles. The van der Waals surface area contributed by atoms with Crippen molar-refractivity contribution < 1.29 is 0 Å². The van der Waals surface area contributed by atoms with Crippen LogP contribution in [0.2, 0.25) is 0 Å². The molecule has 1 saturated heterocycles. The molecule has 6 heteroatoms. The first-order valence-electron chi connectivity index (χ1n) is 4.95. The maximum Gasteiger partial charge on any atom is 0.144 e. The van der Waals surface area contributed by atoms with Gasteiger partial charge in [-0.05, 0) is 22.9 Å². The van der Waals surface area contributed by atoms with E-state index in [1.54, 1.807) is 12.4 Å². The van der Waals surface area contributed by atoms with Gasteiger partial charge in [-0.25, -0.2) is 9.97 Å². The van der Waals surface area contributed by atoms with Gasteiger partial charge in [0.05, 0.1) is 12.4 Å². The number of hydrogen-bond acceptors (Lipinski definition) is 5. The molecule has 0 radical (unpaired) electrons. The summed E-state index contributed by atoms with van der Waals surface area (Å²) in [4.78, 5) is 8.31. The first kappa shape index (κ1) is 10.8. The second-order valence-electron chi connectivity index (χ2n) is 3.68. The first-order valence-corrected chi connectivity index (χ1v) is 5.75. The van der Waals surface area contributed by atoms with Crippen LogP contribution in [0.3, 0.4) is 0 Å². The molecule has 82 valence electrons. The van der Waals surface area contributed by atoms with Crippen LogP contribution in [-0.2, 0) is 0 Å². The first-order chi connectivity index (χ1) is 7.25. The van der Waals surface area contributed by atoms with Crippen molar-refractivity contribution >= 4 is 21.7 Å². The smallest absolute Gasteiger partial charge is 0.144 e. The second-order valence-corrected chi connectivity index (χ2v) is 4.49. The molecule has 5 nitrogen and oxygen atoms in total. The number of nitrogens with zero attached hydrogens (tertiary/aromatic N) is 2. The van der Waals surface area contributed by atoms with Gasteiger partial charge in [-0.1, -0.05) is 0 Å². The lowest BCUT2D eigenvalue weighted by atomic mass is 10.0. The van der Waals surface area contributed by atoms with Gasteiger partial charge in [0.1, 0.15) is 10.4 Å². The summed E-state index contributed by atoms with van der Waals surface area (Å²) < 4.78 is 0.755. The Bertz CT molecular complexity index is 315. The Labute approximate surface area is 97.2 Å². The van der Waals surface area contributed by atoms with Gasteiger partial charge >= 0.3 is 0 Å². The van der Waals surface area contributed by atoms with Crippen molar-refractivity contribution in [3.8, 4) is 0 Å². The highest BCUT2D eigenvalue weighted by Gasteiger charge is 2.22. The van der Waals surface area contributed by atoms with Crippen LogP contribution in [-0.4, -0.2) is 29.1 Å². The Morgan fingerprint density at radius 1 is 1.53 bits per heavy atom. The lowest BCUT2D eigenvalue weighted by Crippen LogP contribution is -2.30. The Kier molecular flexibility index (Phi) is 3.50. The molecule has 3 N–H and O–H groups in total. The summed E-state index contributed by atoms with van der Waals surface area (Å²) in [5, 5.41) is 3.27. The second kappa shape index (κ2) is 4.87. The van der Waals surface area contributed by atoms with Crippen LogP contribution in [0, 0.1) is 5.92 Å². The third-order valence-corrected chi connectivity index (χ3v) is 2.98. The Morgan fingerprint density at radius 2 is 2.40 bits per heavy atom. The van der Waals surface area contributed by atoms with Gasteiger partial charge < -0.3 is 5.32 Å². The minimum absolute atomic E-state index is 0.487. The zero-order valence-electron chi connectivity index (χ0n) is 8.50. The van der Waals surface area contributed by atoms with E-state index < -0.39 is 0 Å². The molecule has 0 bridgehead atoms. The van der Waals surface area contributed by atoms with Crippen LogP contribution in [0.5, 0.6) is 0 Å². The van der Waals surface area contributed by atoms with E-state index in [0.717, 1.165) is 23.5 Å². The minimum atomic E-state index is 0.487. The van der Waals surface area contributed by atoms with E-state index in [1.165, 1.54) is 0 Å². The number of hydrazine groups is 1. The van der Waals surface area contributed by atoms with E-state index in [-0.39, 0.29) is 0 Å². The van der Waals surface area contributed by atoms with Crippen molar-refractivity contribution in [1.29, 1.82) is 0 Å². The van der Waals surface area contributed by atoms with E-state index >= 15 is 0 Å². The third kappa shape index (κ3) is 2.87. The lowest BCUT2D eigenvalue weighted by Gasteiger charge is -2.14. The lowest BCUT2D eigenvalue weighted by molar-refractivity contribution is 0.508. The van der Waals surface area contributed by atoms with E-state index in [0.29, 0.717) is 12.0 Å².